The number of hydrogen-bond donors (Lipinski definition) is 1. The third-order valence-corrected chi connectivity index (χ3v) is 6.88. The number of aliphatic carboxylic acids is 1. The molecule has 1 unspecified atom stereocenters. The van der Waals surface area contributed by atoms with Gasteiger partial charge in [-0.2, -0.15) is 0 Å². The standard InChI is InChI=1S/C28H29Cl2NO4/c1-2-34-26-16-21(8-11-25(26)35-18-19-6-4-3-5-7-19)27(23-10-9-22(29)17-24(23)30)31-14-12-20(13-15-31)28(32)33/h3-11,16-17,20,27H,2,12-15,18H2,1H3,(H,32,33). The van der Waals surface area contributed by atoms with Crippen LogP contribution in [0.5, 0.6) is 11.5 Å². The molecule has 5 nitrogen and oxygen atoms in total. The Balaban J connectivity index is 1.66. The number of ether oxygens (including phenoxy) is 2. The molecule has 1 fully saturated rings. The monoisotopic (exact) mass is 513 g/mol. The number of carboxylic acid groups (broad SMARTS) is 1. The number of carboxylic acids is 1. The Morgan fingerprint density at radius 1 is 1.00 bits per heavy atom. The van der Waals surface area contributed by atoms with E-state index in [0.29, 0.717) is 60.7 Å². The van der Waals surface area contributed by atoms with E-state index in [9.17, 15) is 9.90 Å². The van der Waals surface area contributed by atoms with Crippen molar-refractivity contribution in [3.63, 3.8) is 0 Å². The topological polar surface area (TPSA) is 59.0 Å². The number of benzene rings is 3. The summed E-state index contributed by atoms with van der Waals surface area (Å²) < 4.78 is 12.1. The lowest BCUT2D eigenvalue weighted by atomic mass is 9.91. The van der Waals surface area contributed by atoms with Gasteiger partial charge in [-0.25, -0.2) is 0 Å². The molecule has 3 aromatic carbocycles. The molecule has 0 aromatic heterocycles. The van der Waals surface area contributed by atoms with E-state index in [1.807, 2.05) is 67.6 Å². The average Bonchev–Trinajstić information content (AvgIpc) is 2.86. The second-order valence-electron chi connectivity index (χ2n) is 8.63. The van der Waals surface area contributed by atoms with Gasteiger partial charge < -0.3 is 14.6 Å². The van der Waals surface area contributed by atoms with Crippen molar-refractivity contribution < 1.29 is 19.4 Å². The molecule has 0 spiro atoms. The van der Waals surface area contributed by atoms with E-state index in [4.69, 9.17) is 32.7 Å². The zero-order valence-electron chi connectivity index (χ0n) is 19.6. The molecule has 0 amide bonds. The van der Waals surface area contributed by atoms with Crippen molar-refractivity contribution in [1.82, 2.24) is 4.90 Å². The summed E-state index contributed by atoms with van der Waals surface area (Å²) in [4.78, 5) is 13.8. The largest absolute Gasteiger partial charge is 0.490 e. The number of likely N-dealkylation sites (tertiary alicyclic amines) is 1. The lowest BCUT2D eigenvalue weighted by Gasteiger charge is -2.37. The summed E-state index contributed by atoms with van der Waals surface area (Å²) in [6.07, 6.45) is 1.18. The van der Waals surface area contributed by atoms with Crippen LogP contribution in [0, 0.1) is 5.92 Å². The van der Waals surface area contributed by atoms with Crippen molar-refractivity contribution in [2.24, 2.45) is 5.92 Å². The smallest absolute Gasteiger partial charge is 0.306 e. The van der Waals surface area contributed by atoms with Crippen molar-refractivity contribution in [2.45, 2.75) is 32.4 Å². The van der Waals surface area contributed by atoms with Gasteiger partial charge in [0, 0.05) is 10.0 Å². The molecule has 1 atom stereocenters. The molecule has 184 valence electrons. The number of nitrogens with zero attached hydrogens (tertiary/aromatic N) is 1. The van der Waals surface area contributed by atoms with Gasteiger partial charge in [-0.05, 0) is 73.8 Å². The number of halogens is 2. The molecule has 35 heavy (non-hydrogen) atoms. The van der Waals surface area contributed by atoms with E-state index in [2.05, 4.69) is 4.90 Å². The van der Waals surface area contributed by atoms with Crippen LogP contribution in [-0.2, 0) is 11.4 Å². The third-order valence-electron chi connectivity index (χ3n) is 6.32. The minimum atomic E-state index is -0.732. The van der Waals surface area contributed by atoms with Gasteiger partial charge in [0.25, 0.3) is 0 Å². The van der Waals surface area contributed by atoms with E-state index < -0.39 is 5.97 Å². The highest BCUT2D eigenvalue weighted by molar-refractivity contribution is 6.35. The highest BCUT2D eigenvalue weighted by Crippen LogP contribution is 2.40. The first-order valence-electron chi connectivity index (χ1n) is 11.8. The Kier molecular flexibility index (Phi) is 8.55. The van der Waals surface area contributed by atoms with Crippen molar-refractivity contribution in [3.8, 4) is 11.5 Å². The fourth-order valence-corrected chi connectivity index (χ4v) is 5.04. The summed E-state index contributed by atoms with van der Waals surface area (Å²) in [6.45, 7) is 4.18. The summed E-state index contributed by atoms with van der Waals surface area (Å²) >= 11 is 12.8. The van der Waals surface area contributed by atoms with Crippen LogP contribution in [-0.4, -0.2) is 35.7 Å². The SMILES string of the molecule is CCOc1cc(C(c2ccc(Cl)cc2Cl)N2CCC(C(=O)O)CC2)ccc1OCc1ccccc1. The Morgan fingerprint density at radius 3 is 2.40 bits per heavy atom. The van der Waals surface area contributed by atoms with Crippen LogP contribution in [0.1, 0.15) is 42.5 Å². The Bertz CT molecular complexity index is 1150. The first-order chi connectivity index (χ1) is 17.0. The Hall–Kier alpha value is -2.73. The lowest BCUT2D eigenvalue weighted by Crippen LogP contribution is -2.39. The lowest BCUT2D eigenvalue weighted by molar-refractivity contribution is -0.143. The molecule has 7 heteroatoms. The molecule has 0 radical (unpaired) electrons. The van der Waals surface area contributed by atoms with Gasteiger partial charge in [0.15, 0.2) is 11.5 Å². The van der Waals surface area contributed by atoms with Crippen molar-refractivity contribution in [2.75, 3.05) is 19.7 Å². The highest BCUT2D eigenvalue weighted by atomic mass is 35.5. The second-order valence-corrected chi connectivity index (χ2v) is 9.47. The molecule has 1 aliphatic heterocycles. The van der Waals surface area contributed by atoms with E-state index in [1.165, 1.54) is 0 Å². The maximum atomic E-state index is 11.5. The van der Waals surface area contributed by atoms with Crippen molar-refractivity contribution in [1.29, 1.82) is 0 Å². The maximum Gasteiger partial charge on any atom is 0.306 e. The Labute approximate surface area is 216 Å². The molecule has 4 rings (SSSR count). The van der Waals surface area contributed by atoms with Crippen LogP contribution >= 0.6 is 23.2 Å². The van der Waals surface area contributed by atoms with Crippen LogP contribution in [0.4, 0.5) is 0 Å². The molecular formula is C28H29Cl2NO4. The minimum absolute atomic E-state index is 0.170. The molecule has 0 bridgehead atoms. The first kappa shape index (κ1) is 25.4. The molecule has 0 aliphatic carbocycles. The molecule has 1 aliphatic rings. The zero-order chi connectivity index (χ0) is 24.8. The first-order valence-corrected chi connectivity index (χ1v) is 12.6. The highest BCUT2D eigenvalue weighted by Gasteiger charge is 2.31. The summed E-state index contributed by atoms with van der Waals surface area (Å²) in [5, 5.41) is 10.6. The fourth-order valence-electron chi connectivity index (χ4n) is 4.53. The number of hydrogen-bond acceptors (Lipinski definition) is 4. The van der Waals surface area contributed by atoms with E-state index >= 15 is 0 Å². The van der Waals surface area contributed by atoms with Crippen molar-refractivity contribution in [3.05, 3.63) is 93.5 Å². The molecule has 3 aromatic rings. The molecule has 1 N–H and O–H groups in total. The summed E-state index contributed by atoms with van der Waals surface area (Å²) in [6, 6.07) is 21.3. The second kappa shape index (κ2) is 11.8. The number of piperidine rings is 1. The van der Waals surface area contributed by atoms with Gasteiger partial charge in [-0.3, -0.25) is 9.69 Å². The number of rotatable bonds is 9. The van der Waals surface area contributed by atoms with Crippen molar-refractivity contribution >= 4 is 29.2 Å². The quantitative estimate of drug-likeness (QED) is 0.338. The van der Waals surface area contributed by atoms with Gasteiger partial charge in [-0.15, -0.1) is 0 Å². The summed E-state index contributed by atoms with van der Waals surface area (Å²) in [5.41, 5.74) is 3.00. The molecule has 1 saturated heterocycles. The Morgan fingerprint density at radius 2 is 1.74 bits per heavy atom. The van der Waals surface area contributed by atoms with Crippen LogP contribution in [0.25, 0.3) is 0 Å². The summed E-state index contributed by atoms with van der Waals surface area (Å²) in [5.74, 6) is 0.283. The van der Waals surface area contributed by atoms with Crippen LogP contribution in [0.15, 0.2) is 66.7 Å². The maximum absolute atomic E-state index is 11.5. The summed E-state index contributed by atoms with van der Waals surface area (Å²) in [7, 11) is 0. The van der Waals surface area contributed by atoms with E-state index in [1.54, 1.807) is 6.07 Å². The zero-order valence-corrected chi connectivity index (χ0v) is 21.1. The predicted octanol–water partition coefficient (Wildman–Crippen LogP) is 6.86. The van der Waals surface area contributed by atoms with Gasteiger partial charge in [0.1, 0.15) is 6.61 Å². The average molecular weight is 514 g/mol. The van der Waals surface area contributed by atoms with Gasteiger partial charge in [0.05, 0.1) is 18.6 Å². The molecule has 1 heterocycles. The van der Waals surface area contributed by atoms with Crippen LogP contribution < -0.4 is 9.47 Å². The molecular weight excluding hydrogens is 485 g/mol. The van der Waals surface area contributed by atoms with Crippen LogP contribution in [0.3, 0.4) is 0 Å². The van der Waals surface area contributed by atoms with E-state index in [-0.39, 0.29) is 12.0 Å². The number of carbonyl (C=O) groups is 1. The fraction of sp³-hybridized carbons (Fsp3) is 0.321. The van der Waals surface area contributed by atoms with Gasteiger partial charge >= 0.3 is 5.97 Å². The van der Waals surface area contributed by atoms with Crippen LogP contribution in [0.2, 0.25) is 10.0 Å². The normalized spacial score (nSPS) is 15.5. The molecule has 0 saturated carbocycles. The third kappa shape index (κ3) is 6.29. The van der Waals surface area contributed by atoms with Gasteiger partial charge in [0.2, 0.25) is 0 Å². The van der Waals surface area contributed by atoms with E-state index in [0.717, 1.165) is 16.7 Å². The minimum Gasteiger partial charge on any atom is -0.490 e. The predicted molar refractivity (Wildman–Crippen MR) is 139 cm³/mol. The van der Waals surface area contributed by atoms with Gasteiger partial charge in [-0.1, -0.05) is 65.7 Å².